The fourth-order valence-electron chi connectivity index (χ4n) is 1.95. The molecule has 2 rings (SSSR count). The second kappa shape index (κ2) is 8.34. The van der Waals surface area contributed by atoms with Gasteiger partial charge in [0.1, 0.15) is 11.5 Å². The van der Waals surface area contributed by atoms with E-state index in [0.717, 1.165) is 16.7 Å². The lowest BCUT2D eigenvalue weighted by Gasteiger charge is -2.09. The highest BCUT2D eigenvalue weighted by molar-refractivity contribution is 14.1. The summed E-state index contributed by atoms with van der Waals surface area (Å²) in [6.45, 7) is 3.61. The fraction of sp³-hybridized carbons (Fsp3) is 0.176. The second-order valence-electron chi connectivity index (χ2n) is 5.16. The number of phenols is 1. The minimum absolute atomic E-state index is 0.148. The Morgan fingerprint density at radius 3 is 2.62 bits per heavy atom. The molecule has 5 nitrogen and oxygen atoms in total. The Morgan fingerprint density at radius 2 is 2.00 bits per heavy atom. The lowest BCUT2D eigenvalue weighted by atomic mass is 10.1. The number of benzene rings is 2. The summed E-state index contributed by atoms with van der Waals surface area (Å²) in [5.41, 5.74) is 4.95. The minimum atomic E-state index is -0.370. The van der Waals surface area contributed by atoms with Crippen LogP contribution in [0.15, 0.2) is 35.4 Å². The molecule has 2 N–H and O–H groups in total. The molecule has 2 aromatic rings. The topological polar surface area (TPSA) is 70.9 Å². The van der Waals surface area contributed by atoms with Crippen molar-refractivity contribution in [3.05, 3.63) is 55.6 Å². The summed E-state index contributed by atoms with van der Waals surface area (Å²) in [7, 11) is 0. The number of amides is 1. The first-order valence-electron chi connectivity index (χ1n) is 7.07. The molecule has 0 aliphatic carbocycles. The molecule has 0 aromatic heterocycles. The number of carbonyl (C=O) groups is 1. The molecule has 0 bridgehead atoms. The number of aryl methyl sites for hydroxylation is 2. The Hall–Kier alpha value is -1.80. The van der Waals surface area contributed by atoms with Crippen LogP contribution < -0.4 is 10.2 Å². The van der Waals surface area contributed by atoms with Gasteiger partial charge in [0.05, 0.1) is 9.78 Å². The lowest BCUT2D eigenvalue weighted by Crippen LogP contribution is -2.24. The standard InChI is InChI=1S/C17H16ClIN2O3/c1-10-5-13(6-11(2)17(10)18)24-9-16(23)21-20-8-12-3-4-15(22)14(19)7-12/h3-8,22H,9H2,1-2H3,(H,21,23)/b20-8+. The first-order valence-corrected chi connectivity index (χ1v) is 8.52. The van der Waals surface area contributed by atoms with Crippen LogP contribution in [0, 0.1) is 17.4 Å². The van der Waals surface area contributed by atoms with Crippen LogP contribution in [-0.2, 0) is 4.79 Å². The number of aromatic hydroxyl groups is 1. The Labute approximate surface area is 158 Å². The van der Waals surface area contributed by atoms with E-state index in [4.69, 9.17) is 16.3 Å². The van der Waals surface area contributed by atoms with Gasteiger partial charge in [-0.2, -0.15) is 5.10 Å². The number of phenolic OH excluding ortho intramolecular Hbond substituents is 1. The van der Waals surface area contributed by atoms with E-state index in [1.165, 1.54) is 6.21 Å². The second-order valence-corrected chi connectivity index (χ2v) is 6.70. The Bertz CT molecular complexity index is 770. The van der Waals surface area contributed by atoms with Crippen LogP contribution in [0.25, 0.3) is 0 Å². The normalized spacial score (nSPS) is 10.8. The monoisotopic (exact) mass is 458 g/mol. The van der Waals surface area contributed by atoms with Gasteiger partial charge in [0.15, 0.2) is 6.61 Å². The quantitative estimate of drug-likeness (QED) is 0.407. The molecule has 0 atom stereocenters. The van der Waals surface area contributed by atoms with E-state index in [-0.39, 0.29) is 18.3 Å². The van der Waals surface area contributed by atoms with Crippen molar-refractivity contribution < 1.29 is 14.6 Å². The molecule has 0 radical (unpaired) electrons. The van der Waals surface area contributed by atoms with E-state index in [1.807, 2.05) is 36.4 Å². The zero-order valence-corrected chi connectivity index (χ0v) is 16.1. The Balaban J connectivity index is 1.87. The predicted octanol–water partition coefficient (Wildman–Crippen LogP) is 3.80. The zero-order valence-electron chi connectivity index (χ0n) is 13.1. The summed E-state index contributed by atoms with van der Waals surface area (Å²) in [6.07, 6.45) is 1.50. The van der Waals surface area contributed by atoms with Crippen molar-refractivity contribution in [1.82, 2.24) is 5.43 Å². The highest BCUT2D eigenvalue weighted by Gasteiger charge is 2.06. The molecule has 126 valence electrons. The van der Waals surface area contributed by atoms with Gasteiger partial charge < -0.3 is 9.84 Å². The molecule has 2 aromatic carbocycles. The van der Waals surface area contributed by atoms with Crippen molar-refractivity contribution in [2.24, 2.45) is 5.10 Å². The molecule has 1 amide bonds. The van der Waals surface area contributed by atoms with E-state index >= 15 is 0 Å². The van der Waals surface area contributed by atoms with E-state index in [1.54, 1.807) is 30.3 Å². The third-order valence-electron chi connectivity index (χ3n) is 3.15. The van der Waals surface area contributed by atoms with E-state index in [2.05, 4.69) is 10.5 Å². The SMILES string of the molecule is Cc1cc(OCC(=O)N/N=C/c2ccc(O)c(I)c2)cc(C)c1Cl. The highest BCUT2D eigenvalue weighted by atomic mass is 127. The molecule has 0 spiro atoms. The van der Waals surface area contributed by atoms with Gasteiger partial charge in [-0.25, -0.2) is 5.43 Å². The van der Waals surface area contributed by atoms with Crippen molar-refractivity contribution in [2.45, 2.75) is 13.8 Å². The summed E-state index contributed by atoms with van der Waals surface area (Å²) in [6, 6.07) is 8.58. The molecular formula is C17H16ClIN2O3. The number of hydrogen-bond donors (Lipinski definition) is 2. The predicted molar refractivity (Wildman–Crippen MR) is 103 cm³/mol. The van der Waals surface area contributed by atoms with Gasteiger partial charge in [-0.3, -0.25) is 4.79 Å². The number of halogens is 2. The number of hydrazone groups is 1. The molecule has 0 unspecified atom stereocenters. The van der Waals surface area contributed by atoms with Crippen molar-refractivity contribution in [3.8, 4) is 11.5 Å². The van der Waals surface area contributed by atoms with Crippen LogP contribution >= 0.6 is 34.2 Å². The summed E-state index contributed by atoms with van der Waals surface area (Å²) in [4.78, 5) is 11.7. The van der Waals surface area contributed by atoms with Gasteiger partial charge in [-0.05, 0) is 83.5 Å². The Kier molecular flexibility index (Phi) is 6.44. The average Bonchev–Trinajstić information content (AvgIpc) is 2.54. The molecule has 0 saturated heterocycles. The molecule has 0 aliphatic rings. The molecule has 24 heavy (non-hydrogen) atoms. The molecule has 0 heterocycles. The number of rotatable bonds is 5. The highest BCUT2D eigenvalue weighted by Crippen LogP contribution is 2.25. The van der Waals surface area contributed by atoms with Crippen molar-refractivity contribution >= 4 is 46.3 Å². The van der Waals surface area contributed by atoms with Crippen LogP contribution in [-0.4, -0.2) is 23.8 Å². The number of carbonyl (C=O) groups excluding carboxylic acids is 1. The van der Waals surface area contributed by atoms with Gasteiger partial charge in [0.25, 0.3) is 5.91 Å². The molecule has 0 saturated carbocycles. The van der Waals surface area contributed by atoms with E-state index in [0.29, 0.717) is 14.3 Å². The summed E-state index contributed by atoms with van der Waals surface area (Å²) in [5, 5.41) is 14.0. The van der Waals surface area contributed by atoms with Crippen molar-refractivity contribution in [2.75, 3.05) is 6.61 Å². The van der Waals surface area contributed by atoms with Gasteiger partial charge in [-0.1, -0.05) is 11.6 Å². The van der Waals surface area contributed by atoms with Gasteiger partial charge in [-0.15, -0.1) is 0 Å². The smallest absolute Gasteiger partial charge is 0.277 e. The largest absolute Gasteiger partial charge is 0.507 e. The number of nitrogens with zero attached hydrogens (tertiary/aromatic N) is 1. The van der Waals surface area contributed by atoms with Gasteiger partial charge in [0, 0.05) is 5.02 Å². The first kappa shape index (κ1) is 18.5. The third-order valence-corrected chi connectivity index (χ3v) is 4.61. The average molecular weight is 459 g/mol. The summed E-state index contributed by atoms with van der Waals surface area (Å²) < 4.78 is 6.15. The maximum Gasteiger partial charge on any atom is 0.277 e. The van der Waals surface area contributed by atoms with Crippen molar-refractivity contribution in [3.63, 3.8) is 0 Å². The molecule has 0 fully saturated rings. The molecule has 7 heteroatoms. The fourth-order valence-corrected chi connectivity index (χ4v) is 2.60. The third kappa shape index (κ3) is 5.10. The first-order chi connectivity index (χ1) is 11.4. The lowest BCUT2D eigenvalue weighted by molar-refractivity contribution is -0.123. The van der Waals surface area contributed by atoms with Crippen LogP contribution in [0.1, 0.15) is 16.7 Å². The van der Waals surface area contributed by atoms with Gasteiger partial charge in [0.2, 0.25) is 0 Å². The summed E-state index contributed by atoms with van der Waals surface area (Å²) >= 11 is 8.10. The van der Waals surface area contributed by atoms with Crippen LogP contribution in [0.5, 0.6) is 11.5 Å². The van der Waals surface area contributed by atoms with E-state index in [9.17, 15) is 9.90 Å². The minimum Gasteiger partial charge on any atom is -0.507 e. The number of ether oxygens (including phenoxy) is 1. The van der Waals surface area contributed by atoms with Crippen LogP contribution in [0.3, 0.4) is 0 Å². The summed E-state index contributed by atoms with van der Waals surface area (Å²) in [5.74, 6) is 0.422. The van der Waals surface area contributed by atoms with Gasteiger partial charge >= 0.3 is 0 Å². The van der Waals surface area contributed by atoms with Crippen LogP contribution in [0.2, 0.25) is 5.02 Å². The van der Waals surface area contributed by atoms with Crippen molar-refractivity contribution in [1.29, 1.82) is 0 Å². The van der Waals surface area contributed by atoms with Crippen LogP contribution in [0.4, 0.5) is 0 Å². The molecule has 0 aliphatic heterocycles. The molecular weight excluding hydrogens is 443 g/mol. The maximum atomic E-state index is 11.7. The maximum absolute atomic E-state index is 11.7. The zero-order chi connectivity index (χ0) is 17.7. The van der Waals surface area contributed by atoms with E-state index < -0.39 is 0 Å². The number of hydrogen-bond acceptors (Lipinski definition) is 4. The number of nitrogens with one attached hydrogen (secondary N) is 1. The Morgan fingerprint density at radius 1 is 1.33 bits per heavy atom.